The van der Waals surface area contributed by atoms with E-state index in [0.29, 0.717) is 0 Å². The number of aliphatic hydroxyl groups excluding tert-OH is 1. The van der Waals surface area contributed by atoms with E-state index in [4.69, 9.17) is 0 Å². The van der Waals surface area contributed by atoms with E-state index in [1.807, 2.05) is 6.07 Å². The van der Waals surface area contributed by atoms with Gasteiger partial charge in [0.15, 0.2) is 0 Å². The number of aryl methyl sites for hydroxylation is 2. The van der Waals surface area contributed by atoms with Gasteiger partial charge in [0, 0.05) is 4.88 Å². The fourth-order valence-electron chi connectivity index (χ4n) is 3.17. The third-order valence-electron chi connectivity index (χ3n) is 4.47. The van der Waals surface area contributed by atoms with Gasteiger partial charge in [0.25, 0.3) is 5.91 Å². The van der Waals surface area contributed by atoms with Gasteiger partial charge in [-0.1, -0.05) is 39.5 Å². The maximum Gasteiger partial charge on any atom is 0.261 e. The maximum absolute atomic E-state index is 12.6. The lowest BCUT2D eigenvalue weighted by Crippen LogP contribution is -2.52. The van der Waals surface area contributed by atoms with Crippen LogP contribution in [-0.2, 0) is 12.8 Å². The van der Waals surface area contributed by atoms with Crippen LogP contribution in [0.25, 0.3) is 0 Å². The van der Waals surface area contributed by atoms with Crippen LogP contribution in [-0.4, -0.2) is 23.2 Å². The fourth-order valence-corrected chi connectivity index (χ4v) is 4.42. The lowest BCUT2D eigenvalue weighted by atomic mass is 9.82. The molecular formula is C17H27NO2S. The Morgan fingerprint density at radius 1 is 1.33 bits per heavy atom. The van der Waals surface area contributed by atoms with E-state index in [2.05, 4.69) is 19.2 Å². The van der Waals surface area contributed by atoms with Crippen LogP contribution < -0.4 is 5.32 Å². The van der Waals surface area contributed by atoms with Gasteiger partial charge in [-0.05, 0) is 37.3 Å². The van der Waals surface area contributed by atoms with Crippen LogP contribution in [0, 0.1) is 0 Å². The Hall–Kier alpha value is -0.870. The standard InChI is InChI=1S/C17H27NO2S/c1-3-8-14-13(4-2)11-15(21-14)16(20)18-17(12-19)9-6-5-7-10-17/h11,19H,3-10,12H2,1-2H3,(H,18,20). The van der Waals surface area contributed by atoms with Crippen LogP contribution in [0.2, 0.25) is 0 Å². The zero-order chi connectivity index (χ0) is 15.3. The predicted molar refractivity (Wildman–Crippen MR) is 88.1 cm³/mol. The number of nitrogens with one attached hydrogen (secondary N) is 1. The SMILES string of the molecule is CCCc1sc(C(=O)NC2(CO)CCCCC2)cc1CC. The molecule has 1 fully saturated rings. The van der Waals surface area contributed by atoms with Crippen molar-refractivity contribution in [2.24, 2.45) is 0 Å². The summed E-state index contributed by atoms with van der Waals surface area (Å²) in [5.41, 5.74) is 0.907. The highest BCUT2D eigenvalue weighted by Gasteiger charge is 2.33. The second kappa shape index (κ2) is 7.41. The van der Waals surface area contributed by atoms with E-state index in [-0.39, 0.29) is 12.5 Å². The summed E-state index contributed by atoms with van der Waals surface area (Å²) in [5, 5.41) is 12.8. The number of hydrogen-bond acceptors (Lipinski definition) is 3. The number of carbonyl (C=O) groups excluding carboxylic acids is 1. The van der Waals surface area contributed by atoms with Crippen molar-refractivity contribution in [1.82, 2.24) is 5.32 Å². The van der Waals surface area contributed by atoms with Crippen molar-refractivity contribution in [2.45, 2.75) is 70.8 Å². The molecule has 1 heterocycles. The molecule has 1 amide bonds. The van der Waals surface area contributed by atoms with E-state index in [1.54, 1.807) is 11.3 Å². The quantitative estimate of drug-likeness (QED) is 0.842. The molecule has 2 rings (SSSR count). The largest absolute Gasteiger partial charge is 0.394 e. The van der Waals surface area contributed by atoms with Crippen LogP contribution in [0.5, 0.6) is 0 Å². The predicted octanol–water partition coefficient (Wildman–Crippen LogP) is 3.69. The third kappa shape index (κ3) is 3.86. The van der Waals surface area contributed by atoms with E-state index in [0.717, 1.165) is 49.8 Å². The molecule has 118 valence electrons. The number of thiophene rings is 1. The smallest absolute Gasteiger partial charge is 0.261 e. The van der Waals surface area contributed by atoms with E-state index >= 15 is 0 Å². The van der Waals surface area contributed by atoms with Gasteiger partial charge in [0.05, 0.1) is 17.0 Å². The van der Waals surface area contributed by atoms with Crippen molar-refractivity contribution in [3.8, 4) is 0 Å². The number of hydrogen-bond donors (Lipinski definition) is 2. The van der Waals surface area contributed by atoms with Gasteiger partial charge >= 0.3 is 0 Å². The molecule has 1 aliphatic rings. The Labute approximate surface area is 131 Å². The van der Waals surface area contributed by atoms with Crippen LogP contribution in [0.4, 0.5) is 0 Å². The summed E-state index contributed by atoms with van der Waals surface area (Å²) in [6.07, 6.45) is 8.30. The van der Waals surface area contributed by atoms with E-state index in [1.165, 1.54) is 16.9 Å². The monoisotopic (exact) mass is 309 g/mol. The van der Waals surface area contributed by atoms with Crippen LogP contribution >= 0.6 is 11.3 Å². The first kappa shape index (κ1) is 16.5. The first-order chi connectivity index (χ1) is 10.1. The van der Waals surface area contributed by atoms with Crippen molar-refractivity contribution in [1.29, 1.82) is 0 Å². The summed E-state index contributed by atoms with van der Waals surface area (Å²) in [6, 6.07) is 2.04. The van der Waals surface area contributed by atoms with Gasteiger partial charge in [0.2, 0.25) is 0 Å². The summed E-state index contributed by atoms with van der Waals surface area (Å²) in [7, 11) is 0. The van der Waals surface area contributed by atoms with Crippen molar-refractivity contribution < 1.29 is 9.90 Å². The summed E-state index contributed by atoms with van der Waals surface area (Å²) in [4.78, 5) is 14.7. The van der Waals surface area contributed by atoms with Gasteiger partial charge in [-0.2, -0.15) is 0 Å². The molecule has 0 aliphatic heterocycles. The number of amides is 1. The minimum atomic E-state index is -0.392. The minimum absolute atomic E-state index is 0.00648. The summed E-state index contributed by atoms with van der Waals surface area (Å²) >= 11 is 1.62. The molecule has 21 heavy (non-hydrogen) atoms. The molecule has 1 aromatic rings. The van der Waals surface area contributed by atoms with Crippen molar-refractivity contribution in [2.75, 3.05) is 6.61 Å². The zero-order valence-corrected chi connectivity index (χ0v) is 14.0. The molecular weight excluding hydrogens is 282 g/mol. The van der Waals surface area contributed by atoms with Gasteiger partial charge in [-0.25, -0.2) is 0 Å². The molecule has 1 aliphatic carbocycles. The van der Waals surface area contributed by atoms with Gasteiger partial charge in [-0.15, -0.1) is 11.3 Å². The van der Waals surface area contributed by atoms with Crippen molar-refractivity contribution in [3.63, 3.8) is 0 Å². The molecule has 0 saturated heterocycles. The second-order valence-electron chi connectivity index (χ2n) is 6.12. The fraction of sp³-hybridized carbons (Fsp3) is 0.706. The zero-order valence-electron chi connectivity index (χ0n) is 13.2. The molecule has 3 nitrogen and oxygen atoms in total. The molecule has 1 aromatic heterocycles. The van der Waals surface area contributed by atoms with Gasteiger partial charge in [0.1, 0.15) is 0 Å². The lowest BCUT2D eigenvalue weighted by molar-refractivity contribution is 0.0762. The number of carbonyl (C=O) groups is 1. The molecule has 0 radical (unpaired) electrons. The molecule has 0 unspecified atom stereocenters. The molecule has 0 spiro atoms. The first-order valence-electron chi connectivity index (χ1n) is 8.19. The van der Waals surface area contributed by atoms with Crippen molar-refractivity contribution in [3.05, 3.63) is 21.4 Å². The van der Waals surface area contributed by atoms with Gasteiger partial charge in [-0.3, -0.25) is 4.79 Å². The van der Waals surface area contributed by atoms with E-state index in [9.17, 15) is 9.90 Å². The summed E-state index contributed by atoms with van der Waals surface area (Å²) in [6.45, 7) is 4.35. The molecule has 0 aromatic carbocycles. The Bertz CT molecular complexity index is 475. The average molecular weight is 309 g/mol. The topological polar surface area (TPSA) is 49.3 Å². The number of rotatable bonds is 6. The normalized spacial score (nSPS) is 17.7. The summed E-state index contributed by atoms with van der Waals surface area (Å²) in [5.74, 6) is -0.00648. The molecule has 2 N–H and O–H groups in total. The Kier molecular flexibility index (Phi) is 5.82. The molecule has 0 atom stereocenters. The third-order valence-corrected chi connectivity index (χ3v) is 5.71. The van der Waals surface area contributed by atoms with Crippen molar-refractivity contribution >= 4 is 17.2 Å². The maximum atomic E-state index is 12.6. The minimum Gasteiger partial charge on any atom is -0.394 e. The second-order valence-corrected chi connectivity index (χ2v) is 7.25. The Morgan fingerprint density at radius 2 is 2.05 bits per heavy atom. The van der Waals surface area contributed by atoms with E-state index < -0.39 is 5.54 Å². The highest BCUT2D eigenvalue weighted by Crippen LogP contribution is 2.30. The highest BCUT2D eigenvalue weighted by atomic mass is 32.1. The van der Waals surface area contributed by atoms with Crippen LogP contribution in [0.15, 0.2) is 6.07 Å². The van der Waals surface area contributed by atoms with Crippen LogP contribution in [0.3, 0.4) is 0 Å². The van der Waals surface area contributed by atoms with Gasteiger partial charge < -0.3 is 10.4 Å². The lowest BCUT2D eigenvalue weighted by Gasteiger charge is -2.36. The highest BCUT2D eigenvalue weighted by molar-refractivity contribution is 7.14. The average Bonchev–Trinajstić information content (AvgIpc) is 2.92. The first-order valence-corrected chi connectivity index (χ1v) is 9.00. The molecule has 1 saturated carbocycles. The Morgan fingerprint density at radius 3 is 2.62 bits per heavy atom. The number of aliphatic hydroxyl groups is 1. The molecule has 4 heteroatoms. The summed E-state index contributed by atoms with van der Waals surface area (Å²) < 4.78 is 0. The van der Waals surface area contributed by atoms with Crippen LogP contribution in [0.1, 0.15) is 72.5 Å². The molecule has 0 bridgehead atoms. The Balaban J connectivity index is 2.12.